The fourth-order valence-electron chi connectivity index (χ4n) is 2.41. The minimum absolute atomic E-state index is 0.0172. The predicted molar refractivity (Wildman–Crippen MR) is 91.4 cm³/mol. The number of ether oxygens (including phenoxy) is 3. The summed E-state index contributed by atoms with van der Waals surface area (Å²) in [5, 5.41) is 0. The lowest BCUT2D eigenvalue weighted by Gasteiger charge is -2.29. The van der Waals surface area contributed by atoms with Crippen LogP contribution < -0.4 is 4.74 Å². The zero-order chi connectivity index (χ0) is 19.6. The lowest BCUT2D eigenvalue weighted by molar-refractivity contribution is -0.222. The van der Waals surface area contributed by atoms with Crippen molar-refractivity contribution in [3.8, 4) is 5.75 Å². The Morgan fingerprint density at radius 2 is 1.63 bits per heavy atom. The summed E-state index contributed by atoms with van der Waals surface area (Å²) in [6.45, 7) is 2.93. The highest BCUT2D eigenvalue weighted by Gasteiger charge is 2.38. The van der Waals surface area contributed by atoms with Gasteiger partial charge in [-0.15, -0.1) is 0 Å². The van der Waals surface area contributed by atoms with Gasteiger partial charge in [-0.25, -0.2) is 18.4 Å². The van der Waals surface area contributed by atoms with E-state index in [0.29, 0.717) is 5.56 Å². The summed E-state index contributed by atoms with van der Waals surface area (Å²) >= 11 is 0. The molecule has 3 rings (SSSR count). The van der Waals surface area contributed by atoms with Crippen molar-refractivity contribution in [2.75, 3.05) is 0 Å². The summed E-state index contributed by atoms with van der Waals surface area (Å²) in [5.41, 5.74) is 0.622. The second-order valence-electron chi connectivity index (χ2n) is 6.34. The number of benzene rings is 2. The smallest absolute Gasteiger partial charge is 0.348 e. The van der Waals surface area contributed by atoms with Crippen LogP contribution in [0, 0.1) is 11.6 Å². The number of hydrogen-bond donors (Lipinski definition) is 0. The first-order valence-corrected chi connectivity index (χ1v) is 8.09. The van der Waals surface area contributed by atoms with Crippen LogP contribution in [0.1, 0.15) is 25.0 Å². The third-order valence-electron chi connectivity index (χ3n) is 3.69. The zero-order valence-corrected chi connectivity index (χ0v) is 14.6. The van der Waals surface area contributed by atoms with Crippen molar-refractivity contribution in [1.82, 2.24) is 0 Å². The Morgan fingerprint density at radius 1 is 1.00 bits per heavy atom. The molecule has 1 aliphatic heterocycles. The van der Waals surface area contributed by atoms with Crippen LogP contribution in [0.4, 0.5) is 8.78 Å². The molecule has 140 valence electrons. The van der Waals surface area contributed by atoms with Gasteiger partial charge in [-0.2, -0.15) is 0 Å². The summed E-state index contributed by atoms with van der Waals surface area (Å²) in [4.78, 5) is 23.8. The molecule has 5 nitrogen and oxygen atoms in total. The lowest BCUT2D eigenvalue weighted by Crippen LogP contribution is -2.41. The third-order valence-corrected chi connectivity index (χ3v) is 3.69. The van der Waals surface area contributed by atoms with Crippen molar-refractivity contribution in [2.45, 2.75) is 26.2 Å². The van der Waals surface area contributed by atoms with Gasteiger partial charge in [-0.3, -0.25) is 0 Å². The van der Waals surface area contributed by atoms with Crippen molar-refractivity contribution >= 4 is 18.0 Å². The highest BCUT2D eigenvalue weighted by molar-refractivity contribution is 6.18. The zero-order valence-electron chi connectivity index (χ0n) is 14.6. The molecule has 0 bridgehead atoms. The SMILES string of the molecule is CC1(C)OC(=O)C(=Cc2ccc(OCc3ccc(F)cc3)c(F)c2)C(=O)O1. The standard InChI is InChI=1S/C20H16F2O5/c1-20(2)26-18(23)15(19(24)27-20)9-13-5-8-17(16(22)10-13)25-11-12-3-6-14(21)7-4-12/h3-10H,11H2,1-2H3. The molecule has 1 aliphatic rings. The van der Waals surface area contributed by atoms with E-state index in [1.165, 1.54) is 56.3 Å². The quantitative estimate of drug-likeness (QED) is 0.463. The van der Waals surface area contributed by atoms with E-state index in [9.17, 15) is 18.4 Å². The van der Waals surface area contributed by atoms with Crippen LogP contribution in [0.2, 0.25) is 0 Å². The normalized spacial score (nSPS) is 15.8. The van der Waals surface area contributed by atoms with Crippen molar-refractivity contribution in [1.29, 1.82) is 0 Å². The van der Waals surface area contributed by atoms with E-state index in [4.69, 9.17) is 14.2 Å². The average Bonchev–Trinajstić information content (AvgIpc) is 2.58. The predicted octanol–water partition coefficient (Wildman–Crippen LogP) is 3.76. The van der Waals surface area contributed by atoms with E-state index in [-0.39, 0.29) is 29.3 Å². The van der Waals surface area contributed by atoms with Crippen molar-refractivity contribution in [3.63, 3.8) is 0 Å². The molecule has 0 aromatic heterocycles. The van der Waals surface area contributed by atoms with Gasteiger partial charge in [-0.1, -0.05) is 18.2 Å². The maximum Gasteiger partial charge on any atom is 0.348 e. The summed E-state index contributed by atoms with van der Waals surface area (Å²) in [6, 6.07) is 9.61. The molecule has 0 radical (unpaired) electrons. The van der Waals surface area contributed by atoms with Gasteiger partial charge in [0.05, 0.1) is 0 Å². The van der Waals surface area contributed by atoms with E-state index in [1.807, 2.05) is 0 Å². The Labute approximate surface area is 154 Å². The molecular weight excluding hydrogens is 358 g/mol. The Balaban J connectivity index is 1.73. The van der Waals surface area contributed by atoms with Gasteiger partial charge in [0.1, 0.15) is 18.0 Å². The number of hydrogen-bond acceptors (Lipinski definition) is 5. The van der Waals surface area contributed by atoms with E-state index in [0.717, 1.165) is 6.07 Å². The minimum atomic E-state index is -1.34. The number of halogens is 2. The summed E-state index contributed by atoms with van der Waals surface area (Å²) in [7, 11) is 0. The molecule has 0 unspecified atom stereocenters. The Kier molecular flexibility index (Phi) is 4.94. The first-order valence-electron chi connectivity index (χ1n) is 8.09. The minimum Gasteiger partial charge on any atom is -0.486 e. The van der Waals surface area contributed by atoms with Crippen LogP contribution >= 0.6 is 0 Å². The number of esters is 2. The van der Waals surface area contributed by atoms with Crippen molar-refractivity contribution < 1.29 is 32.6 Å². The highest BCUT2D eigenvalue weighted by atomic mass is 19.1. The molecule has 2 aromatic carbocycles. The van der Waals surface area contributed by atoms with Gasteiger partial charge in [-0.05, 0) is 41.5 Å². The second kappa shape index (κ2) is 7.19. The fraction of sp³-hybridized carbons (Fsp3) is 0.200. The first-order chi connectivity index (χ1) is 12.7. The third kappa shape index (κ3) is 4.49. The molecule has 2 aromatic rings. The van der Waals surface area contributed by atoms with Crippen LogP contribution in [0.15, 0.2) is 48.0 Å². The van der Waals surface area contributed by atoms with Gasteiger partial charge in [0, 0.05) is 13.8 Å². The monoisotopic (exact) mass is 374 g/mol. The Bertz CT molecular complexity index is 894. The Morgan fingerprint density at radius 3 is 2.22 bits per heavy atom. The molecule has 0 atom stereocenters. The second-order valence-corrected chi connectivity index (χ2v) is 6.34. The van der Waals surface area contributed by atoms with Gasteiger partial charge >= 0.3 is 11.9 Å². The van der Waals surface area contributed by atoms with E-state index >= 15 is 0 Å². The first kappa shape index (κ1) is 18.6. The summed E-state index contributed by atoms with van der Waals surface area (Å²) in [6.07, 6.45) is 1.19. The van der Waals surface area contributed by atoms with Crippen molar-refractivity contribution in [2.24, 2.45) is 0 Å². The highest BCUT2D eigenvalue weighted by Crippen LogP contribution is 2.26. The summed E-state index contributed by atoms with van der Waals surface area (Å²) in [5.74, 6) is -4.08. The molecule has 1 saturated heterocycles. The molecule has 1 heterocycles. The average molecular weight is 374 g/mol. The van der Waals surface area contributed by atoms with E-state index in [2.05, 4.69) is 0 Å². The number of rotatable bonds is 4. The van der Waals surface area contributed by atoms with Crippen molar-refractivity contribution in [3.05, 3.63) is 70.8 Å². The number of cyclic esters (lactones) is 2. The molecule has 0 amide bonds. The van der Waals surface area contributed by atoms with Gasteiger partial charge in [0.25, 0.3) is 5.79 Å². The summed E-state index contributed by atoms with van der Waals surface area (Å²) < 4.78 is 42.5. The fourth-order valence-corrected chi connectivity index (χ4v) is 2.41. The lowest BCUT2D eigenvalue weighted by atomic mass is 10.1. The van der Waals surface area contributed by atoms with Gasteiger partial charge in [0.2, 0.25) is 0 Å². The van der Waals surface area contributed by atoms with Crippen LogP contribution in [0.25, 0.3) is 6.08 Å². The molecule has 27 heavy (non-hydrogen) atoms. The maximum atomic E-state index is 14.2. The molecule has 0 spiro atoms. The van der Waals surface area contributed by atoms with Gasteiger partial charge < -0.3 is 14.2 Å². The molecule has 0 aliphatic carbocycles. The van der Waals surface area contributed by atoms with E-state index < -0.39 is 23.5 Å². The number of carbonyl (C=O) groups is 2. The topological polar surface area (TPSA) is 61.8 Å². The van der Waals surface area contributed by atoms with Crippen LogP contribution in [-0.2, 0) is 25.7 Å². The van der Waals surface area contributed by atoms with Gasteiger partial charge in [0.15, 0.2) is 11.6 Å². The molecule has 0 saturated carbocycles. The number of carbonyl (C=O) groups excluding carboxylic acids is 2. The maximum absolute atomic E-state index is 14.2. The van der Waals surface area contributed by atoms with E-state index in [1.54, 1.807) is 0 Å². The molecule has 0 N–H and O–H groups in total. The van der Waals surface area contributed by atoms with Crippen LogP contribution in [-0.4, -0.2) is 17.7 Å². The largest absolute Gasteiger partial charge is 0.486 e. The molecular formula is C20H16F2O5. The molecule has 1 fully saturated rings. The Hall–Kier alpha value is -3.22. The molecule has 7 heteroatoms. The van der Waals surface area contributed by atoms with Crippen LogP contribution in [0.5, 0.6) is 5.75 Å². The van der Waals surface area contributed by atoms with Crippen LogP contribution in [0.3, 0.4) is 0 Å².